The van der Waals surface area contributed by atoms with E-state index in [1.165, 1.54) is 0 Å². The standard InChI is InChI=1S/C9H14O2/c1-7-6-8(10-2)4-5-9(7)11-3/h5-6,8H,4H2,1-3H3. The topological polar surface area (TPSA) is 18.5 Å². The minimum Gasteiger partial charge on any atom is -0.497 e. The van der Waals surface area contributed by atoms with Crippen molar-refractivity contribution in [3.63, 3.8) is 0 Å². The zero-order valence-corrected chi connectivity index (χ0v) is 7.26. The predicted octanol–water partition coefficient (Wildman–Crippen LogP) is 1.88. The number of hydrogen-bond acceptors (Lipinski definition) is 2. The first-order valence-electron chi connectivity index (χ1n) is 3.73. The van der Waals surface area contributed by atoms with Crippen LogP contribution in [0, 0.1) is 0 Å². The van der Waals surface area contributed by atoms with Gasteiger partial charge in [-0.15, -0.1) is 0 Å². The van der Waals surface area contributed by atoms with Crippen LogP contribution in [0.25, 0.3) is 0 Å². The summed E-state index contributed by atoms with van der Waals surface area (Å²) < 4.78 is 10.3. The summed E-state index contributed by atoms with van der Waals surface area (Å²) in [7, 11) is 3.41. The van der Waals surface area contributed by atoms with Crippen molar-refractivity contribution in [3.05, 3.63) is 23.5 Å². The maximum Gasteiger partial charge on any atom is 0.117 e. The number of hydrogen-bond donors (Lipinski definition) is 0. The van der Waals surface area contributed by atoms with Gasteiger partial charge in [0.2, 0.25) is 0 Å². The highest BCUT2D eigenvalue weighted by Gasteiger charge is 2.11. The molecular formula is C9H14O2. The molecule has 0 heterocycles. The molecule has 11 heavy (non-hydrogen) atoms. The van der Waals surface area contributed by atoms with Gasteiger partial charge in [0.15, 0.2) is 0 Å². The molecule has 0 N–H and O–H groups in total. The van der Waals surface area contributed by atoms with Crippen LogP contribution in [0.2, 0.25) is 0 Å². The summed E-state index contributed by atoms with van der Waals surface area (Å²) in [6.07, 6.45) is 5.29. The van der Waals surface area contributed by atoms with E-state index < -0.39 is 0 Å². The lowest BCUT2D eigenvalue weighted by Gasteiger charge is -2.17. The first kappa shape index (κ1) is 8.34. The summed E-state index contributed by atoms with van der Waals surface area (Å²) in [6, 6.07) is 0. The molecule has 1 rings (SSSR count). The Hall–Kier alpha value is -0.760. The van der Waals surface area contributed by atoms with E-state index in [0.717, 1.165) is 17.8 Å². The van der Waals surface area contributed by atoms with Gasteiger partial charge in [0.25, 0.3) is 0 Å². The lowest BCUT2D eigenvalue weighted by molar-refractivity contribution is 0.138. The zero-order chi connectivity index (χ0) is 8.27. The molecule has 1 atom stereocenters. The molecule has 0 aromatic heterocycles. The largest absolute Gasteiger partial charge is 0.497 e. The van der Waals surface area contributed by atoms with Crippen molar-refractivity contribution >= 4 is 0 Å². The zero-order valence-electron chi connectivity index (χ0n) is 7.26. The maximum atomic E-state index is 5.18. The Kier molecular flexibility index (Phi) is 2.71. The summed E-state index contributed by atoms with van der Waals surface area (Å²) in [5, 5.41) is 0. The Bertz CT molecular complexity index is 192. The third-order valence-corrected chi connectivity index (χ3v) is 1.88. The second kappa shape index (κ2) is 3.58. The minimum absolute atomic E-state index is 0.230. The molecular weight excluding hydrogens is 140 g/mol. The van der Waals surface area contributed by atoms with Gasteiger partial charge < -0.3 is 9.47 Å². The Morgan fingerprint density at radius 2 is 2.18 bits per heavy atom. The third kappa shape index (κ3) is 1.84. The Labute approximate surface area is 67.5 Å². The molecule has 2 heteroatoms. The van der Waals surface area contributed by atoms with E-state index in [-0.39, 0.29) is 6.10 Å². The number of rotatable bonds is 2. The van der Waals surface area contributed by atoms with Crippen LogP contribution in [-0.2, 0) is 9.47 Å². The van der Waals surface area contributed by atoms with Gasteiger partial charge in [-0.2, -0.15) is 0 Å². The van der Waals surface area contributed by atoms with Crippen LogP contribution in [0.1, 0.15) is 13.3 Å². The molecule has 0 spiro atoms. The Morgan fingerprint density at radius 1 is 1.45 bits per heavy atom. The number of methoxy groups -OCH3 is 2. The van der Waals surface area contributed by atoms with Crippen LogP contribution in [0.3, 0.4) is 0 Å². The van der Waals surface area contributed by atoms with Gasteiger partial charge in [-0.05, 0) is 31.1 Å². The highest BCUT2D eigenvalue weighted by Crippen LogP contribution is 2.19. The second-order valence-corrected chi connectivity index (χ2v) is 2.63. The van der Waals surface area contributed by atoms with Gasteiger partial charge in [0.05, 0.1) is 13.2 Å². The van der Waals surface area contributed by atoms with Crippen molar-refractivity contribution in [3.8, 4) is 0 Å². The van der Waals surface area contributed by atoms with Crippen molar-refractivity contribution in [1.82, 2.24) is 0 Å². The first-order chi connectivity index (χ1) is 5.27. The van der Waals surface area contributed by atoms with Gasteiger partial charge >= 0.3 is 0 Å². The van der Waals surface area contributed by atoms with E-state index in [4.69, 9.17) is 9.47 Å². The van der Waals surface area contributed by atoms with Gasteiger partial charge in [-0.1, -0.05) is 0 Å². The minimum atomic E-state index is 0.230. The summed E-state index contributed by atoms with van der Waals surface area (Å²) >= 11 is 0. The molecule has 0 radical (unpaired) electrons. The van der Waals surface area contributed by atoms with Crippen molar-refractivity contribution < 1.29 is 9.47 Å². The first-order valence-corrected chi connectivity index (χ1v) is 3.73. The molecule has 62 valence electrons. The van der Waals surface area contributed by atoms with Crippen molar-refractivity contribution in [2.24, 2.45) is 0 Å². The van der Waals surface area contributed by atoms with E-state index >= 15 is 0 Å². The average molecular weight is 154 g/mol. The molecule has 0 aromatic carbocycles. The van der Waals surface area contributed by atoms with Gasteiger partial charge in [0, 0.05) is 7.11 Å². The van der Waals surface area contributed by atoms with Gasteiger partial charge in [-0.3, -0.25) is 0 Å². The average Bonchev–Trinajstić information content (AvgIpc) is 2.04. The highest BCUT2D eigenvalue weighted by atomic mass is 16.5. The van der Waals surface area contributed by atoms with Crippen molar-refractivity contribution in [2.45, 2.75) is 19.4 Å². The second-order valence-electron chi connectivity index (χ2n) is 2.63. The maximum absolute atomic E-state index is 5.18. The van der Waals surface area contributed by atoms with Gasteiger partial charge in [0.1, 0.15) is 5.76 Å². The van der Waals surface area contributed by atoms with E-state index in [1.54, 1.807) is 14.2 Å². The fraction of sp³-hybridized carbons (Fsp3) is 0.556. The quantitative estimate of drug-likeness (QED) is 0.604. The molecule has 0 fully saturated rings. The molecule has 0 amide bonds. The molecule has 0 aliphatic heterocycles. The van der Waals surface area contributed by atoms with Crippen molar-refractivity contribution in [1.29, 1.82) is 0 Å². The lowest BCUT2D eigenvalue weighted by Crippen LogP contribution is -2.11. The van der Waals surface area contributed by atoms with E-state index in [2.05, 4.69) is 12.2 Å². The molecule has 1 aliphatic rings. The number of allylic oxidation sites excluding steroid dienone is 1. The molecule has 0 saturated heterocycles. The Morgan fingerprint density at radius 3 is 2.64 bits per heavy atom. The molecule has 1 unspecified atom stereocenters. The van der Waals surface area contributed by atoms with Crippen LogP contribution in [0.4, 0.5) is 0 Å². The number of ether oxygens (including phenoxy) is 2. The normalized spacial score (nSPS) is 24.1. The monoisotopic (exact) mass is 154 g/mol. The predicted molar refractivity (Wildman–Crippen MR) is 44.3 cm³/mol. The lowest BCUT2D eigenvalue weighted by atomic mass is 10.0. The third-order valence-electron chi connectivity index (χ3n) is 1.88. The summed E-state index contributed by atoms with van der Waals surface area (Å²) in [5.41, 5.74) is 1.16. The summed E-state index contributed by atoms with van der Waals surface area (Å²) in [5.74, 6) is 0.971. The van der Waals surface area contributed by atoms with E-state index in [9.17, 15) is 0 Å². The van der Waals surface area contributed by atoms with Crippen LogP contribution < -0.4 is 0 Å². The molecule has 2 nitrogen and oxygen atoms in total. The molecule has 0 saturated carbocycles. The van der Waals surface area contributed by atoms with Crippen molar-refractivity contribution in [2.75, 3.05) is 14.2 Å². The van der Waals surface area contributed by atoms with Crippen LogP contribution in [-0.4, -0.2) is 20.3 Å². The highest BCUT2D eigenvalue weighted by molar-refractivity contribution is 5.28. The Balaban J connectivity index is 2.66. The van der Waals surface area contributed by atoms with Crippen LogP contribution >= 0.6 is 0 Å². The smallest absolute Gasteiger partial charge is 0.117 e. The molecule has 0 aromatic rings. The fourth-order valence-electron chi connectivity index (χ4n) is 1.22. The SMILES string of the molecule is COC1=CCC(OC)C=C1C. The van der Waals surface area contributed by atoms with Crippen LogP contribution in [0.5, 0.6) is 0 Å². The van der Waals surface area contributed by atoms with Crippen LogP contribution in [0.15, 0.2) is 23.5 Å². The summed E-state index contributed by atoms with van der Waals surface area (Å²) in [6.45, 7) is 2.03. The summed E-state index contributed by atoms with van der Waals surface area (Å²) in [4.78, 5) is 0. The van der Waals surface area contributed by atoms with Gasteiger partial charge in [-0.25, -0.2) is 0 Å². The molecule has 1 aliphatic carbocycles. The van der Waals surface area contributed by atoms with E-state index in [0.29, 0.717) is 0 Å². The molecule has 0 bridgehead atoms. The van der Waals surface area contributed by atoms with E-state index in [1.807, 2.05) is 6.92 Å². The fourth-order valence-corrected chi connectivity index (χ4v) is 1.22.